The van der Waals surface area contributed by atoms with Crippen molar-refractivity contribution in [3.05, 3.63) is 53.1 Å². The summed E-state index contributed by atoms with van der Waals surface area (Å²) in [6, 6.07) is 12.7. The van der Waals surface area contributed by atoms with Crippen LogP contribution in [0.5, 0.6) is 5.75 Å². The minimum atomic E-state index is -0.255. The number of likely N-dealkylation sites (N-methyl/N-ethyl adjacent to an activating group) is 1. The van der Waals surface area contributed by atoms with Crippen LogP contribution >= 0.6 is 11.6 Å². The second-order valence-electron chi connectivity index (χ2n) is 5.67. The SMILES string of the molecule is COc1cc(Cl)c(C)cc1N(CC(=O)N(C)c1ccccc1)C(C)=O. The van der Waals surface area contributed by atoms with Crippen molar-refractivity contribution in [3.8, 4) is 5.75 Å². The van der Waals surface area contributed by atoms with Crippen LogP contribution in [-0.2, 0) is 9.59 Å². The topological polar surface area (TPSA) is 49.9 Å². The van der Waals surface area contributed by atoms with Crippen LogP contribution in [0, 0.1) is 6.92 Å². The Bertz CT molecular complexity index is 778. The fourth-order valence-electron chi connectivity index (χ4n) is 2.43. The van der Waals surface area contributed by atoms with Crippen molar-refractivity contribution < 1.29 is 14.3 Å². The maximum atomic E-state index is 12.6. The van der Waals surface area contributed by atoms with Gasteiger partial charge in [-0.3, -0.25) is 14.5 Å². The second kappa shape index (κ2) is 8.03. The molecule has 0 saturated carbocycles. The van der Waals surface area contributed by atoms with Crippen LogP contribution in [0.1, 0.15) is 12.5 Å². The maximum Gasteiger partial charge on any atom is 0.246 e. The number of benzene rings is 2. The van der Waals surface area contributed by atoms with E-state index in [-0.39, 0.29) is 18.4 Å². The summed E-state index contributed by atoms with van der Waals surface area (Å²) in [5.74, 6) is -0.0214. The molecule has 0 unspecified atom stereocenters. The van der Waals surface area contributed by atoms with Gasteiger partial charge in [-0.1, -0.05) is 29.8 Å². The van der Waals surface area contributed by atoms with Gasteiger partial charge in [0, 0.05) is 30.7 Å². The number of amides is 2. The van der Waals surface area contributed by atoms with Gasteiger partial charge in [-0.05, 0) is 30.7 Å². The highest BCUT2D eigenvalue weighted by atomic mass is 35.5. The smallest absolute Gasteiger partial charge is 0.246 e. The molecule has 0 radical (unpaired) electrons. The van der Waals surface area contributed by atoms with Crippen LogP contribution in [0.4, 0.5) is 11.4 Å². The Labute approximate surface area is 152 Å². The van der Waals surface area contributed by atoms with Crippen LogP contribution in [0.25, 0.3) is 0 Å². The quantitative estimate of drug-likeness (QED) is 0.817. The predicted molar refractivity (Wildman–Crippen MR) is 101 cm³/mol. The van der Waals surface area contributed by atoms with E-state index in [1.807, 2.05) is 37.3 Å². The van der Waals surface area contributed by atoms with Gasteiger partial charge in [0.15, 0.2) is 0 Å². The van der Waals surface area contributed by atoms with Crippen LogP contribution in [0.3, 0.4) is 0 Å². The monoisotopic (exact) mass is 360 g/mol. The van der Waals surface area contributed by atoms with Crippen molar-refractivity contribution in [2.45, 2.75) is 13.8 Å². The molecule has 2 aromatic carbocycles. The molecular weight excluding hydrogens is 340 g/mol. The average molecular weight is 361 g/mol. The Balaban J connectivity index is 2.32. The number of hydrogen-bond acceptors (Lipinski definition) is 3. The van der Waals surface area contributed by atoms with Crippen molar-refractivity contribution in [2.24, 2.45) is 0 Å². The highest BCUT2D eigenvalue weighted by Gasteiger charge is 2.22. The normalized spacial score (nSPS) is 10.3. The summed E-state index contributed by atoms with van der Waals surface area (Å²) in [7, 11) is 3.18. The van der Waals surface area contributed by atoms with Crippen LogP contribution < -0.4 is 14.5 Å². The van der Waals surface area contributed by atoms with E-state index in [1.54, 1.807) is 19.2 Å². The van der Waals surface area contributed by atoms with E-state index in [1.165, 1.54) is 23.8 Å². The molecule has 0 saturated heterocycles. The lowest BCUT2D eigenvalue weighted by molar-refractivity contribution is -0.121. The number of halogens is 1. The minimum Gasteiger partial charge on any atom is -0.495 e. The summed E-state index contributed by atoms with van der Waals surface area (Å²) in [6.07, 6.45) is 0. The number of rotatable bonds is 5. The molecule has 0 bridgehead atoms. The molecule has 0 atom stereocenters. The molecule has 25 heavy (non-hydrogen) atoms. The van der Waals surface area contributed by atoms with Gasteiger partial charge in [0.1, 0.15) is 12.3 Å². The van der Waals surface area contributed by atoms with Gasteiger partial charge in [0.25, 0.3) is 0 Å². The molecule has 132 valence electrons. The Hall–Kier alpha value is -2.53. The third-order valence-electron chi connectivity index (χ3n) is 3.94. The molecule has 0 aromatic heterocycles. The van der Waals surface area contributed by atoms with E-state index in [4.69, 9.17) is 16.3 Å². The standard InChI is InChI=1S/C19H21ClN2O3/c1-13-10-17(18(25-4)11-16(13)20)22(14(2)23)12-19(24)21(3)15-8-6-5-7-9-15/h5-11H,12H2,1-4H3. The van der Waals surface area contributed by atoms with Crippen molar-refractivity contribution in [3.63, 3.8) is 0 Å². The first-order valence-electron chi connectivity index (χ1n) is 7.79. The molecule has 2 rings (SSSR count). The molecule has 6 heteroatoms. The molecule has 0 heterocycles. The van der Waals surface area contributed by atoms with Crippen molar-refractivity contribution in [2.75, 3.05) is 30.5 Å². The number of carbonyl (C=O) groups excluding carboxylic acids is 2. The van der Waals surface area contributed by atoms with E-state index in [0.717, 1.165) is 11.3 Å². The molecule has 0 spiro atoms. The molecule has 2 aromatic rings. The Morgan fingerprint density at radius 2 is 1.80 bits per heavy atom. The van der Waals surface area contributed by atoms with Gasteiger partial charge in [-0.15, -0.1) is 0 Å². The number of methoxy groups -OCH3 is 1. The van der Waals surface area contributed by atoms with Crippen molar-refractivity contribution in [1.29, 1.82) is 0 Å². The maximum absolute atomic E-state index is 12.6. The molecule has 0 aliphatic rings. The van der Waals surface area contributed by atoms with Crippen LogP contribution in [-0.4, -0.2) is 32.5 Å². The first-order valence-corrected chi connectivity index (χ1v) is 8.16. The number of para-hydroxylation sites is 1. The zero-order valence-corrected chi connectivity index (χ0v) is 15.5. The zero-order valence-electron chi connectivity index (χ0n) is 14.7. The predicted octanol–water partition coefficient (Wildman–Crippen LogP) is 3.67. The number of carbonyl (C=O) groups is 2. The first-order chi connectivity index (χ1) is 11.8. The highest BCUT2D eigenvalue weighted by Crippen LogP contribution is 2.34. The van der Waals surface area contributed by atoms with E-state index in [9.17, 15) is 9.59 Å². The third-order valence-corrected chi connectivity index (χ3v) is 4.35. The van der Waals surface area contributed by atoms with Gasteiger partial charge >= 0.3 is 0 Å². The Kier molecular flexibility index (Phi) is 6.04. The lowest BCUT2D eigenvalue weighted by Crippen LogP contribution is -2.41. The number of anilines is 2. The van der Waals surface area contributed by atoms with Crippen molar-refractivity contribution in [1.82, 2.24) is 0 Å². The van der Waals surface area contributed by atoms with E-state index in [0.29, 0.717) is 16.5 Å². The third kappa shape index (κ3) is 4.31. The highest BCUT2D eigenvalue weighted by molar-refractivity contribution is 6.31. The Morgan fingerprint density at radius 1 is 1.16 bits per heavy atom. The number of aryl methyl sites for hydroxylation is 1. The second-order valence-corrected chi connectivity index (χ2v) is 6.07. The van der Waals surface area contributed by atoms with Crippen molar-refractivity contribution >= 4 is 34.8 Å². The van der Waals surface area contributed by atoms with Gasteiger partial charge < -0.3 is 9.64 Å². The lowest BCUT2D eigenvalue weighted by atomic mass is 10.1. The summed E-state index contributed by atoms with van der Waals surface area (Å²) in [5.41, 5.74) is 2.08. The average Bonchev–Trinajstić information content (AvgIpc) is 2.61. The van der Waals surface area contributed by atoms with Gasteiger partial charge in [0.05, 0.1) is 12.8 Å². The summed E-state index contributed by atoms with van der Waals surface area (Å²) in [6.45, 7) is 3.15. The number of hydrogen-bond donors (Lipinski definition) is 0. The van der Waals surface area contributed by atoms with E-state index >= 15 is 0 Å². The lowest BCUT2D eigenvalue weighted by Gasteiger charge is -2.26. The summed E-state index contributed by atoms with van der Waals surface area (Å²) < 4.78 is 5.34. The fraction of sp³-hybridized carbons (Fsp3) is 0.263. The summed E-state index contributed by atoms with van der Waals surface area (Å²) in [4.78, 5) is 27.7. The summed E-state index contributed by atoms with van der Waals surface area (Å²) in [5, 5.41) is 0.539. The molecule has 5 nitrogen and oxygen atoms in total. The minimum absolute atomic E-state index is 0.0990. The summed E-state index contributed by atoms with van der Waals surface area (Å²) >= 11 is 6.13. The molecular formula is C19H21ClN2O3. The molecule has 0 aliphatic carbocycles. The molecule has 0 fully saturated rings. The van der Waals surface area contributed by atoms with Crippen LogP contribution in [0.15, 0.2) is 42.5 Å². The largest absolute Gasteiger partial charge is 0.495 e. The number of ether oxygens (including phenoxy) is 1. The Morgan fingerprint density at radius 3 is 2.36 bits per heavy atom. The molecule has 2 amide bonds. The van der Waals surface area contributed by atoms with Gasteiger partial charge in [-0.25, -0.2) is 0 Å². The van der Waals surface area contributed by atoms with E-state index in [2.05, 4.69) is 0 Å². The van der Waals surface area contributed by atoms with Crippen LogP contribution in [0.2, 0.25) is 5.02 Å². The fourth-order valence-corrected chi connectivity index (χ4v) is 2.58. The molecule has 0 aliphatic heterocycles. The number of nitrogens with zero attached hydrogens (tertiary/aromatic N) is 2. The molecule has 0 N–H and O–H groups in total. The van der Waals surface area contributed by atoms with Gasteiger partial charge in [-0.2, -0.15) is 0 Å². The van der Waals surface area contributed by atoms with Gasteiger partial charge in [0.2, 0.25) is 11.8 Å². The van der Waals surface area contributed by atoms with E-state index < -0.39 is 0 Å². The zero-order chi connectivity index (χ0) is 18.6. The first kappa shape index (κ1) is 18.8.